The maximum Gasteiger partial charge on any atom is 0.324 e. The Balaban J connectivity index is 1.64. The number of urea groups is 1. The Kier molecular flexibility index (Phi) is 4.25. The van der Waals surface area contributed by atoms with E-state index in [0.717, 1.165) is 16.8 Å². The summed E-state index contributed by atoms with van der Waals surface area (Å²) in [5.74, 6) is 1.09. The second-order valence-electron chi connectivity index (χ2n) is 7.75. The first kappa shape index (κ1) is 18.9. The van der Waals surface area contributed by atoms with Gasteiger partial charge in [0.05, 0.1) is 12.9 Å². The van der Waals surface area contributed by atoms with E-state index in [1.54, 1.807) is 11.2 Å². The highest BCUT2D eigenvalue weighted by atomic mass is 16.2. The summed E-state index contributed by atoms with van der Waals surface area (Å²) in [4.78, 5) is 33.4. The SMILES string of the molecule is CN(C)c1ccc(C23NC(=O)N(Cc4ccc(N)cc4)C2=NC=Nc2[nH]cnc23)cc1. The van der Waals surface area contributed by atoms with Gasteiger partial charge in [0.15, 0.2) is 17.2 Å². The molecule has 0 saturated carbocycles. The number of hydrogen-bond acceptors (Lipinski definition) is 6. The van der Waals surface area contributed by atoms with E-state index >= 15 is 0 Å². The van der Waals surface area contributed by atoms with Gasteiger partial charge in [-0.1, -0.05) is 24.3 Å². The number of nitrogens with zero attached hydrogens (tertiary/aromatic N) is 5. The number of carbonyl (C=O) groups excluding carboxylic acids is 1. The quantitative estimate of drug-likeness (QED) is 0.569. The van der Waals surface area contributed by atoms with Gasteiger partial charge in [-0.15, -0.1) is 0 Å². The molecule has 5 rings (SSSR count). The molecule has 1 unspecified atom stereocenters. The van der Waals surface area contributed by atoms with Crippen LogP contribution >= 0.6 is 0 Å². The number of imidazole rings is 1. The third kappa shape index (κ3) is 2.93. The van der Waals surface area contributed by atoms with Crippen molar-refractivity contribution in [2.24, 2.45) is 9.98 Å². The first-order valence-electron chi connectivity index (χ1n) is 9.85. The minimum atomic E-state index is -1.05. The van der Waals surface area contributed by atoms with E-state index in [1.165, 1.54) is 6.34 Å². The summed E-state index contributed by atoms with van der Waals surface area (Å²) in [6.45, 7) is 0.343. The third-order valence-electron chi connectivity index (χ3n) is 5.61. The van der Waals surface area contributed by atoms with Crippen LogP contribution in [0, 0.1) is 0 Å². The van der Waals surface area contributed by atoms with E-state index in [1.807, 2.05) is 67.5 Å². The summed E-state index contributed by atoms with van der Waals surface area (Å²) < 4.78 is 0. The predicted octanol–water partition coefficient (Wildman–Crippen LogP) is 2.60. The number of aromatic nitrogens is 2. The Morgan fingerprint density at radius 2 is 1.84 bits per heavy atom. The molecule has 1 saturated heterocycles. The van der Waals surface area contributed by atoms with Crippen molar-refractivity contribution in [3.63, 3.8) is 0 Å². The lowest BCUT2D eigenvalue weighted by Gasteiger charge is -2.29. The second-order valence-corrected chi connectivity index (χ2v) is 7.75. The number of anilines is 2. The summed E-state index contributed by atoms with van der Waals surface area (Å²) in [6, 6.07) is 15.2. The number of carbonyl (C=O) groups is 1. The summed E-state index contributed by atoms with van der Waals surface area (Å²) in [5.41, 5.74) is 8.87. The Labute approximate surface area is 179 Å². The number of amides is 2. The van der Waals surface area contributed by atoms with E-state index < -0.39 is 5.54 Å². The molecule has 0 radical (unpaired) electrons. The number of fused-ring (bicyclic) bond motifs is 3. The maximum atomic E-state index is 13.2. The van der Waals surface area contributed by atoms with E-state index in [9.17, 15) is 4.79 Å². The summed E-state index contributed by atoms with van der Waals surface area (Å²) in [5, 5.41) is 3.15. The molecule has 9 heteroatoms. The zero-order chi connectivity index (χ0) is 21.6. The fourth-order valence-corrected chi connectivity index (χ4v) is 4.02. The number of H-pyrrole nitrogens is 1. The minimum Gasteiger partial charge on any atom is -0.399 e. The van der Waals surface area contributed by atoms with Crippen molar-refractivity contribution in [1.82, 2.24) is 20.2 Å². The smallest absolute Gasteiger partial charge is 0.324 e. The molecule has 4 N–H and O–H groups in total. The first-order valence-corrected chi connectivity index (χ1v) is 9.85. The molecule has 0 bridgehead atoms. The van der Waals surface area contributed by atoms with Crippen LogP contribution in [-0.2, 0) is 12.1 Å². The van der Waals surface area contributed by atoms with Crippen molar-refractivity contribution in [2.75, 3.05) is 24.7 Å². The number of nitrogens with two attached hydrogens (primary N) is 1. The monoisotopic (exact) mass is 414 g/mol. The largest absolute Gasteiger partial charge is 0.399 e. The number of rotatable bonds is 4. The molecule has 0 aliphatic carbocycles. The molecule has 0 spiro atoms. The molecular formula is C22H22N8O. The van der Waals surface area contributed by atoms with Crippen LogP contribution in [-0.4, -0.2) is 47.2 Å². The molecule has 31 heavy (non-hydrogen) atoms. The Bertz CT molecular complexity index is 1190. The minimum absolute atomic E-state index is 0.253. The molecule has 2 aliphatic rings. The van der Waals surface area contributed by atoms with E-state index in [-0.39, 0.29) is 6.03 Å². The highest BCUT2D eigenvalue weighted by Gasteiger charge is 2.54. The number of nitrogen functional groups attached to an aromatic ring is 1. The molecule has 156 valence electrons. The average Bonchev–Trinajstić information content (AvgIpc) is 3.30. The molecule has 1 fully saturated rings. The fourth-order valence-electron chi connectivity index (χ4n) is 4.02. The van der Waals surface area contributed by atoms with E-state index in [2.05, 4.69) is 25.3 Å². The third-order valence-corrected chi connectivity index (χ3v) is 5.61. The highest BCUT2D eigenvalue weighted by molar-refractivity contribution is 6.15. The standard InChI is InChI=1S/C22H22N8O/c1-29(2)17-9-5-15(6-10-17)22-18-19(25-12-24-18)26-13-27-20(22)30(21(31)28-22)11-14-3-7-16(23)8-4-14/h3-10,12-13H,11,23H2,1-2H3,(H,24,25)(H,28,31). The van der Waals surface area contributed by atoms with E-state index in [0.29, 0.717) is 29.6 Å². The molecule has 3 heterocycles. The summed E-state index contributed by atoms with van der Waals surface area (Å²) >= 11 is 0. The Morgan fingerprint density at radius 1 is 1.10 bits per heavy atom. The van der Waals surface area contributed by atoms with Crippen LogP contribution < -0.4 is 16.0 Å². The van der Waals surface area contributed by atoms with Crippen molar-refractivity contribution in [3.8, 4) is 0 Å². The van der Waals surface area contributed by atoms with Gasteiger partial charge in [0, 0.05) is 25.5 Å². The predicted molar refractivity (Wildman–Crippen MR) is 121 cm³/mol. The lowest BCUT2D eigenvalue weighted by atomic mass is 9.85. The number of aliphatic imine (C=N–C) groups is 2. The molecule has 1 aromatic heterocycles. The van der Waals surface area contributed by atoms with Crippen LogP contribution in [0.2, 0.25) is 0 Å². The van der Waals surface area contributed by atoms with Crippen molar-refractivity contribution >= 4 is 35.4 Å². The molecule has 2 amide bonds. The molecule has 1 atom stereocenters. The normalized spacial score (nSPS) is 19.4. The summed E-state index contributed by atoms with van der Waals surface area (Å²) in [7, 11) is 3.97. The molecule has 9 nitrogen and oxygen atoms in total. The Morgan fingerprint density at radius 3 is 2.55 bits per heavy atom. The second kappa shape index (κ2) is 6.98. The first-order chi connectivity index (χ1) is 15.0. The van der Waals surface area contributed by atoms with Gasteiger partial charge in [0.25, 0.3) is 0 Å². The van der Waals surface area contributed by atoms with Crippen LogP contribution in [0.4, 0.5) is 22.0 Å². The van der Waals surface area contributed by atoms with Gasteiger partial charge in [-0.05, 0) is 35.4 Å². The number of aromatic amines is 1. The van der Waals surface area contributed by atoms with Crippen LogP contribution in [0.15, 0.2) is 64.8 Å². The van der Waals surface area contributed by atoms with Crippen molar-refractivity contribution in [1.29, 1.82) is 0 Å². The topological polar surface area (TPSA) is 115 Å². The fraction of sp³-hybridized carbons (Fsp3) is 0.182. The molecule has 2 aromatic carbocycles. The number of amidine groups is 1. The van der Waals surface area contributed by atoms with E-state index in [4.69, 9.17) is 5.73 Å². The summed E-state index contributed by atoms with van der Waals surface area (Å²) in [6.07, 6.45) is 3.04. The van der Waals surface area contributed by atoms with Crippen molar-refractivity contribution < 1.29 is 4.79 Å². The number of nitrogens with one attached hydrogen (secondary N) is 2. The zero-order valence-electron chi connectivity index (χ0n) is 17.2. The van der Waals surface area contributed by atoms with Crippen LogP contribution in [0.3, 0.4) is 0 Å². The number of benzene rings is 2. The highest BCUT2D eigenvalue weighted by Crippen LogP contribution is 2.41. The zero-order valence-corrected chi connectivity index (χ0v) is 17.2. The van der Waals surface area contributed by atoms with Gasteiger partial charge >= 0.3 is 6.03 Å². The van der Waals surface area contributed by atoms with Crippen molar-refractivity contribution in [3.05, 3.63) is 71.7 Å². The van der Waals surface area contributed by atoms with Gasteiger partial charge < -0.3 is 20.9 Å². The van der Waals surface area contributed by atoms with Gasteiger partial charge in [-0.2, -0.15) is 0 Å². The maximum absolute atomic E-state index is 13.2. The average molecular weight is 414 g/mol. The molecule has 3 aromatic rings. The van der Waals surface area contributed by atoms with Crippen LogP contribution in [0.25, 0.3) is 0 Å². The molecule has 2 aliphatic heterocycles. The Hall–Kier alpha value is -4.14. The van der Waals surface area contributed by atoms with Crippen LogP contribution in [0.5, 0.6) is 0 Å². The number of hydrogen-bond donors (Lipinski definition) is 3. The van der Waals surface area contributed by atoms with Crippen LogP contribution in [0.1, 0.15) is 16.8 Å². The lowest BCUT2D eigenvalue weighted by molar-refractivity contribution is 0.225. The molecular weight excluding hydrogens is 392 g/mol. The van der Waals surface area contributed by atoms with Gasteiger partial charge in [0.2, 0.25) is 0 Å². The lowest BCUT2D eigenvalue weighted by Crippen LogP contribution is -2.45. The van der Waals surface area contributed by atoms with Gasteiger partial charge in [-0.25, -0.2) is 19.8 Å². The van der Waals surface area contributed by atoms with Crippen molar-refractivity contribution in [2.45, 2.75) is 12.1 Å². The van der Waals surface area contributed by atoms with Gasteiger partial charge in [0.1, 0.15) is 12.0 Å². The van der Waals surface area contributed by atoms with Gasteiger partial charge in [-0.3, -0.25) is 4.90 Å².